The molecule has 8 heteroatoms. The number of nitrogens with zero attached hydrogens (tertiary/aromatic N) is 2. The molecule has 33 heavy (non-hydrogen) atoms. The molecule has 0 amide bonds. The lowest BCUT2D eigenvalue weighted by Crippen LogP contribution is -2.24. The van der Waals surface area contributed by atoms with Gasteiger partial charge in [-0.05, 0) is 97.3 Å². The predicted molar refractivity (Wildman–Crippen MR) is 142 cm³/mol. The Morgan fingerprint density at radius 1 is 1.18 bits per heavy atom. The minimum absolute atomic E-state index is 0.195. The van der Waals surface area contributed by atoms with Gasteiger partial charge in [0, 0.05) is 20.1 Å². The quantitative estimate of drug-likeness (QED) is 0.130. The number of fused-ring (bicyclic) bond motifs is 1. The molecule has 0 unspecified atom stereocenters. The molecule has 0 radical (unpaired) electrons. The Balaban J connectivity index is 1.96. The minimum Gasteiger partial charge on any atom is -0.456 e. The van der Waals surface area contributed by atoms with Crippen LogP contribution in [0.4, 0.5) is 4.39 Å². The Hall–Kier alpha value is -1.78. The molecule has 0 aliphatic rings. The van der Waals surface area contributed by atoms with Gasteiger partial charge in [-0.1, -0.05) is 25.7 Å². The molecule has 1 heterocycles. The molecule has 0 aliphatic heterocycles. The van der Waals surface area contributed by atoms with Gasteiger partial charge >= 0.3 is 5.97 Å². The van der Waals surface area contributed by atoms with Crippen LogP contribution in [0.1, 0.15) is 36.7 Å². The van der Waals surface area contributed by atoms with Crippen LogP contribution in [-0.4, -0.2) is 36.0 Å². The second kappa shape index (κ2) is 9.83. The molecule has 0 aliphatic carbocycles. The summed E-state index contributed by atoms with van der Waals surface area (Å²) < 4.78 is 28.9. The van der Waals surface area contributed by atoms with Gasteiger partial charge in [0.2, 0.25) is 0 Å². The zero-order valence-corrected chi connectivity index (χ0v) is 23.5. The van der Waals surface area contributed by atoms with Crippen LogP contribution in [0.25, 0.3) is 22.0 Å². The summed E-state index contributed by atoms with van der Waals surface area (Å²) in [5, 5.41) is 5.63. The molecule has 3 aromatic rings. The lowest BCUT2D eigenvalue weighted by Gasteiger charge is -2.20. The van der Waals surface area contributed by atoms with Crippen LogP contribution in [-0.2, 0) is 16.2 Å². The van der Waals surface area contributed by atoms with Crippen LogP contribution in [0.2, 0.25) is 25.7 Å². The number of carbonyl (C=O) groups is 1. The number of rotatable bonds is 7. The molecular weight excluding hydrogens is 550 g/mol. The van der Waals surface area contributed by atoms with E-state index in [-0.39, 0.29) is 5.56 Å². The standard InChI is InChI=1S/C25H32FIN2O3Si/c1-16-20(12-18(13-21(16)26)24(30)32-25(2,3)4)17-8-9-19-22(14-17)29(28-23(19)27)15-31-10-11-33(5,6)7/h8-9,12-14H,10-11,15H2,1-7H3. The third-order valence-corrected chi connectivity index (χ3v) is 7.71. The maximum absolute atomic E-state index is 14.8. The minimum atomic E-state index is -1.17. The van der Waals surface area contributed by atoms with E-state index >= 15 is 0 Å². The fourth-order valence-corrected chi connectivity index (χ4v) is 4.84. The van der Waals surface area contributed by atoms with Crippen LogP contribution in [0.15, 0.2) is 30.3 Å². The molecule has 0 fully saturated rings. The summed E-state index contributed by atoms with van der Waals surface area (Å²) in [4.78, 5) is 12.6. The lowest BCUT2D eigenvalue weighted by atomic mass is 9.96. The highest BCUT2D eigenvalue weighted by molar-refractivity contribution is 14.1. The smallest absolute Gasteiger partial charge is 0.338 e. The third-order valence-electron chi connectivity index (χ3n) is 5.21. The van der Waals surface area contributed by atoms with Gasteiger partial charge in [-0.25, -0.2) is 13.9 Å². The van der Waals surface area contributed by atoms with Crippen molar-refractivity contribution in [1.29, 1.82) is 0 Å². The van der Waals surface area contributed by atoms with Gasteiger partial charge in [-0.15, -0.1) is 0 Å². The molecule has 0 saturated heterocycles. The first-order valence-corrected chi connectivity index (χ1v) is 15.8. The maximum atomic E-state index is 14.8. The second-order valence-corrected chi connectivity index (χ2v) is 17.1. The Morgan fingerprint density at radius 3 is 2.52 bits per heavy atom. The maximum Gasteiger partial charge on any atom is 0.338 e. The number of benzene rings is 2. The number of hydrogen-bond donors (Lipinski definition) is 0. The van der Waals surface area contributed by atoms with Gasteiger partial charge in [0.1, 0.15) is 21.8 Å². The highest BCUT2D eigenvalue weighted by Crippen LogP contribution is 2.31. The summed E-state index contributed by atoms with van der Waals surface area (Å²) >= 11 is 2.22. The van der Waals surface area contributed by atoms with E-state index in [0.717, 1.165) is 26.2 Å². The summed E-state index contributed by atoms with van der Waals surface area (Å²) in [5.74, 6) is -0.981. The van der Waals surface area contributed by atoms with Crippen molar-refractivity contribution in [1.82, 2.24) is 9.78 Å². The van der Waals surface area contributed by atoms with E-state index in [1.807, 2.05) is 22.9 Å². The fourth-order valence-electron chi connectivity index (χ4n) is 3.36. The Bertz CT molecular complexity index is 1180. The topological polar surface area (TPSA) is 53.3 Å². The van der Waals surface area contributed by atoms with Gasteiger partial charge in [0.25, 0.3) is 0 Å². The van der Waals surface area contributed by atoms with Crippen molar-refractivity contribution in [2.75, 3.05) is 6.61 Å². The van der Waals surface area contributed by atoms with Crippen molar-refractivity contribution < 1.29 is 18.7 Å². The van der Waals surface area contributed by atoms with Gasteiger partial charge in [-0.3, -0.25) is 0 Å². The molecular formula is C25H32FIN2O3Si. The average molecular weight is 583 g/mol. The van der Waals surface area contributed by atoms with Crippen LogP contribution in [0, 0.1) is 16.4 Å². The molecule has 2 aromatic carbocycles. The second-order valence-electron chi connectivity index (χ2n) is 10.5. The molecule has 1 aromatic heterocycles. The summed E-state index contributed by atoms with van der Waals surface area (Å²) in [6, 6.07) is 9.92. The van der Waals surface area contributed by atoms with Crippen LogP contribution in [0.3, 0.4) is 0 Å². The number of carbonyl (C=O) groups excluding carboxylic acids is 1. The van der Waals surface area contributed by atoms with Gasteiger partial charge in [-0.2, -0.15) is 5.10 Å². The zero-order valence-electron chi connectivity index (χ0n) is 20.4. The zero-order chi connectivity index (χ0) is 24.6. The number of aromatic nitrogens is 2. The Labute approximate surface area is 209 Å². The van der Waals surface area contributed by atoms with Crippen LogP contribution >= 0.6 is 22.6 Å². The fraction of sp³-hybridized carbons (Fsp3) is 0.440. The Kier molecular flexibility index (Phi) is 7.70. The molecule has 0 spiro atoms. The summed E-state index contributed by atoms with van der Waals surface area (Å²) in [6.45, 7) is 15.1. The van der Waals surface area contributed by atoms with Crippen LogP contribution in [0.5, 0.6) is 0 Å². The van der Waals surface area contributed by atoms with Crippen molar-refractivity contribution in [3.8, 4) is 11.1 Å². The van der Waals surface area contributed by atoms with E-state index < -0.39 is 25.5 Å². The van der Waals surface area contributed by atoms with E-state index in [9.17, 15) is 9.18 Å². The SMILES string of the molecule is Cc1c(F)cc(C(=O)OC(C)(C)C)cc1-c1ccc2c(I)nn(COCC[Si](C)(C)C)c2c1. The van der Waals surface area contributed by atoms with Crippen molar-refractivity contribution in [3.63, 3.8) is 0 Å². The van der Waals surface area contributed by atoms with Crippen molar-refractivity contribution >= 4 is 47.5 Å². The largest absolute Gasteiger partial charge is 0.456 e. The monoisotopic (exact) mass is 582 g/mol. The van der Waals surface area contributed by atoms with E-state index in [0.29, 0.717) is 24.5 Å². The summed E-state index contributed by atoms with van der Waals surface area (Å²) in [6.07, 6.45) is 0. The predicted octanol–water partition coefficient (Wildman–Crippen LogP) is 7.02. The molecule has 178 valence electrons. The lowest BCUT2D eigenvalue weighted by molar-refractivity contribution is 0.00690. The summed E-state index contributed by atoms with van der Waals surface area (Å²) in [5.41, 5.74) is 2.39. The summed E-state index contributed by atoms with van der Waals surface area (Å²) in [7, 11) is -1.17. The van der Waals surface area contributed by atoms with Gasteiger partial charge in [0.15, 0.2) is 0 Å². The average Bonchev–Trinajstić information content (AvgIpc) is 3.00. The highest BCUT2D eigenvalue weighted by atomic mass is 127. The van der Waals surface area contributed by atoms with Crippen molar-refractivity contribution in [3.05, 3.63) is 51.0 Å². The van der Waals surface area contributed by atoms with Crippen LogP contribution < -0.4 is 0 Å². The molecule has 5 nitrogen and oxygen atoms in total. The third kappa shape index (κ3) is 6.63. The first-order chi connectivity index (χ1) is 15.2. The number of halogens is 2. The molecule has 0 bridgehead atoms. The number of esters is 1. The normalized spacial score (nSPS) is 12.4. The molecule has 0 atom stereocenters. The molecule has 0 N–H and O–H groups in total. The molecule has 3 rings (SSSR count). The first-order valence-electron chi connectivity index (χ1n) is 11.0. The van der Waals surface area contributed by atoms with E-state index in [1.165, 1.54) is 6.07 Å². The van der Waals surface area contributed by atoms with E-state index in [4.69, 9.17) is 9.47 Å². The highest BCUT2D eigenvalue weighted by Gasteiger charge is 2.21. The molecule has 0 saturated carbocycles. The van der Waals surface area contributed by atoms with Crippen molar-refractivity contribution in [2.45, 2.75) is 65.7 Å². The van der Waals surface area contributed by atoms with E-state index in [1.54, 1.807) is 33.8 Å². The first kappa shape index (κ1) is 25.8. The van der Waals surface area contributed by atoms with Gasteiger partial charge < -0.3 is 9.47 Å². The van der Waals surface area contributed by atoms with E-state index in [2.05, 4.69) is 47.3 Å². The number of ether oxygens (including phenoxy) is 2. The van der Waals surface area contributed by atoms with Crippen molar-refractivity contribution in [2.24, 2.45) is 0 Å². The number of hydrogen-bond acceptors (Lipinski definition) is 4. The van der Waals surface area contributed by atoms with Gasteiger partial charge in [0.05, 0.1) is 11.1 Å². The Morgan fingerprint density at radius 2 is 1.88 bits per heavy atom.